The first-order valence-electron chi connectivity index (χ1n) is 6.84. The molecule has 0 saturated heterocycles. The molecule has 4 heteroatoms. The first kappa shape index (κ1) is 13.0. The quantitative estimate of drug-likeness (QED) is 0.855. The molecule has 0 aromatic heterocycles. The van der Waals surface area contributed by atoms with E-state index in [0.717, 1.165) is 35.0 Å². The van der Waals surface area contributed by atoms with E-state index in [-0.39, 0.29) is 17.6 Å². The molecule has 1 spiro atoms. The number of hydrogen-bond acceptors (Lipinski definition) is 2. The summed E-state index contributed by atoms with van der Waals surface area (Å²) in [6.07, 6.45) is 5.52. The van der Waals surface area contributed by atoms with Crippen LogP contribution in [0.3, 0.4) is 0 Å². The summed E-state index contributed by atoms with van der Waals surface area (Å²) < 4.78 is 7.30. The van der Waals surface area contributed by atoms with E-state index in [2.05, 4.69) is 27.3 Å². The third kappa shape index (κ3) is 2.50. The van der Waals surface area contributed by atoms with Gasteiger partial charge in [0.25, 0.3) is 0 Å². The van der Waals surface area contributed by atoms with E-state index in [0.29, 0.717) is 0 Å². The maximum atomic E-state index is 11.4. The molecule has 1 N–H and O–H groups in total. The lowest BCUT2D eigenvalue weighted by Crippen LogP contribution is -2.43. The van der Waals surface area contributed by atoms with Crippen molar-refractivity contribution in [3.05, 3.63) is 28.2 Å². The number of fused-ring (bicyclic) bond motifs is 1. The molecule has 0 radical (unpaired) electrons. The van der Waals surface area contributed by atoms with Gasteiger partial charge in [0.2, 0.25) is 5.91 Å². The van der Waals surface area contributed by atoms with Crippen molar-refractivity contribution in [3.8, 4) is 5.75 Å². The Morgan fingerprint density at radius 1 is 1.42 bits per heavy atom. The topological polar surface area (TPSA) is 38.3 Å². The van der Waals surface area contributed by atoms with Crippen LogP contribution in [0.1, 0.15) is 50.6 Å². The van der Waals surface area contributed by atoms with Crippen LogP contribution in [0, 0.1) is 0 Å². The highest BCUT2D eigenvalue weighted by Crippen LogP contribution is 2.47. The molecule has 3 rings (SSSR count). The molecular weight excluding hydrogens is 306 g/mol. The highest BCUT2D eigenvalue weighted by molar-refractivity contribution is 9.10. The second-order valence-corrected chi connectivity index (χ2v) is 6.55. The van der Waals surface area contributed by atoms with Crippen LogP contribution in [0.2, 0.25) is 0 Å². The van der Waals surface area contributed by atoms with Crippen molar-refractivity contribution in [1.82, 2.24) is 5.32 Å². The molecule has 1 heterocycles. The van der Waals surface area contributed by atoms with Crippen LogP contribution < -0.4 is 10.1 Å². The van der Waals surface area contributed by atoms with Crippen LogP contribution in [-0.4, -0.2) is 11.5 Å². The van der Waals surface area contributed by atoms with Crippen molar-refractivity contribution in [2.75, 3.05) is 0 Å². The molecule has 1 aromatic rings. The number of carbonyl (C=O) groups is 1. The monoisotopic (exact) mass is 323 g/mol. The molecule has 1 saturated carbocycles. The third-order valence-corrected chi connectivity index (χ3v) is 4.64. The Labute approximate surface area is 121 Å². The van der Waals surface area contributed by atoms with Gasteiger partial charge in [-0.25, -0.2) is 0 Å². The minimum absolute atomic E-state index is 0.0194. The molecule has 1 aliphatic carbocycles. The predicted octanol–water partition coefficient (Wildman–Crippen LogP) is 3.72. The molecular formula is C15H18BrNO2. The largest absolute Gasteiger partial charge is 0.487 e. The van der Waals surface area contributed by atoms with Crippen LogP contribution in [0.25, 0.3) is 0 Å². The van der Waals surface area contributed by atoms with E-state index in [1.54, 1.807) is 6.92 Å². The molecule has 1 fully saturated rings. The smallest absolute Gasteiger partial charge is 0.217 e. The summed E-state index contributed by atoms with van der Waals surface area (Å²) in [6, 6.07) is 6.12. The predicted molar refractivity (Wildman–Crippen MR) is 77.1 cm³/mol. The lowest BCUT2D eigenvalue weighted by molar-refractivity contribution is -0.120. The highest BCUT2D eigenvalue weighted by atomic mass is 79.9. The number of hydrogen-bond donors (Lipinski definition) is 1. The van der Waals surface area contributed by atoms with Gasteiger partial charge in [-0.1, -0.05) is 15.9 Å². The molecule has 1 aliphatic heterocycles. The van der Waals surface area contributed by atoms with Crippen molar-refractivity contribution in [2.45, 2.75) is 50.7 Å². The molecule has 3 nitrogen and oxygen atoms in total. The van der Waals surface area contributed by atoms with Gasteiger partial charge in [-0.2, -0.15) is 0 Å². The zero-order chi connectivity index (χ0) is 13.5. The second kappa shape index (κ2) is 4.82. The van der Waals surface area contributed by atoms with Crippen LogP contribution in [0.4, 0.5) is 0 Å². The van der Waals surface area contributed by atoms with Crippen molar-refractivity contribution in [1.29, 1.82) is 0 Å². The molecule has 102 valence electrons. The third-order valence-electron chi connectivity index (χ3n) is 4.14. The molecule has 0 unspecified atom stereocenters. The Balaban J connectivity index is 1.98. The number of halogens is 1. The first-order valence-corrected chi connectivity index (χ1v) is 7.63. The van der Waals surface area contributed by atoms with E-state index in [4.69, 9.17) is 4.74 Å². The van der Waals surface area contributed by atoms with Crippen LogP contribution in [0.15, 0.2) is 22.7 Å². The first-order chi connectivity index (χ1) is 9.08. The van der Waals surface area contributed by atoms with E-state index >= 15 is 0 Å². The van der Waals surface area contributed by atoms with E-state index in [1.165, 1.54) is 12.8 Å². The van der Waals surface area contributed by atoms with Gasteiger partial charge in [-0.15, -0.1) is 0 Å². The van der Waals surface area contributed by atoms with Gasteiger partial charge >= 0.3 is 0 Å². The molecule has 2 aliphatic rings. The van der Waals surface area contributed by atoms with Gasteiger partial charge in [0.05, 0.1) is 6.04 Å². The number of ether oxygens (including phenoxy) is 1. The Morgan fingerprint density at radius 3 is 2.84 bits per heavy atom. The van der Waals surface area contributed by atoms with E-state index in [1.807, 2.05) is 12.1 Å². The standard InChI is InChI=1S/C15H18BrNO2/c1-10(18)17-13-9-15(6-2-3-7-15)19-14-5-4-11(16)8-12(13)14/h4-5,8,13H,2-3,6-7,9H2,1H3,(H,17,18)/t13-/m1/s1. The Hall–Kier alpha value is -1.03. The maximum Gasteiger partial charge on any atom is 0.217 e. The normalized spacial score (nSPS) is 23.8. The highest BCUT2D eigenvalue weighted by Gasteiger charge is 2.43. The summed E-state index contributed by atoms with van der Waals surface area (Å²) in [5, 5.41) is 3.08. The zero-order valence-electron chi connectivity index (χ0n) is 11.0. The molecule has 0 bridgehead atoms. The minimum Gasteiger partial charge on any atom is -0.487 e. The summed E-state index contributed by atoms with van der Waals surface area (Å²) in [7, 11) is 0. The SMILES string of the molecule is CC(=O)N[C@@H]1CC2(CCCC2)Oc2ccc(Br)cc21. The minimum atomic E-state index is -0.0616. The molecule has 19 heavy (non-hydrogen) atoms. The summed E-state index contributed by atoms with van der Waals surface area (Å²) in [5.74, 6) is 0.945. The number of rotatable bonds is 1. The maximum absolute atomic E-state index is 11.4. The number of carbonyl (C=O) groups excluding carboxylic acids is 1. The molecule has 1 atom stereocenters. The average molecular weight is 324 g/mol. The summed E-state index contributed by atoms with van der Waals surface area (Å²) in [4.78, 5) is 11.4. The van der Waals surface area contributed by atoms with Gasteiger partial charge in [0, 0.05) is 23.4 Å². The summed E-state index contributed by atoms with van der Waals surface area (Å²) in [6.45, 7) is 1.58. The number of benzene rings is 1. The number of nitrogens with one attached hydrogen (secondary N) is 1. The summed E-state index contributed by atoms with van der Waals surface area (Å²) in [5.41, 5.74) is 1.02. The Bertz CT molecular complexity index is 509. The lowest BCUT2D eigenvalue weighted by Gasteiger charge is -2.40. The van der Waals surface area contributed by atoms with Gasteiger partial charge < -0.3 is 10.1 Å². The average Bonchev–Trinajstić information content (AvgIpc) is 2.78. The fourth-order valence-electron chi connectivity index (χ4n) is 3.34. The van der Waals surface area contributed by atoms with Crippen molar-refractivity contribution < 1.29 is 9.53 Å². The van der Waals surface area contributed by atoms with Gasteiger partial charge in [-0.05, 0) is 43.9 Å². The zero-order valence-corrected chi connectivity index (χ0v) is 12.6. The second-order valence-electron chi connectivity index (χ2n) is 5.63. The fourth-order valence-corrected chi connectivity index (χ4v) is 3.72. The van der Waals surface area contributed by atoms with Crippen molar-refractivity contribution in [3.63, 3.8) is 0 Å². The van der Waals surface area contributed by atoms with Crippen molar-refractivity contribution >= 4 is 21.8 Å². The Morgan fingerprint density at radius 2 is 2.16 bits per heavy atom. The van der Waals surface area contributed by atoms with Crippen molar-refractivity contribution in [2.24, 2.45) is 0 Å². The lowest BCUT2D eigenvalue weighted by atomic mass is 9.86. The fraction of sp³-hybridized carbons (Fsp3) is 0.533. The van der Waals surface area contributed by atoms with Crippen LogP contribution >= 0.6 is 15.9 Å². The van der Waals surface area contributed by atoms with Crippen LogP contribution in [0.5, 0.6) is 5.75 Å². The van der Waals surface area contributed by atoms with Gasteiger partial charge in [-0.3, -0.25) is 4.79 Å². The van der Waals surface area contributed by atoms with Gasteiger partial charge in [0.1, 0.15) is 11.4 Å². The molecule has 1 aromatic carbocycles. The molecule has 1 amide bonds. The van der Waals surface area contributed by atoms with E-state index < -0.39 is 0 Å². The van der Waals surface area contributed by atoms with E-state index in [9.17, 15) is 4.79 Å². The summed E-state index contributed by atoms with van der Waals surface area (Å²) >= 11 is 3.49. The van der Waals surface area contributed by atoms with Crippen LogP contribution in [-0.2, 0) is 4.79 Å². The Kier molecular flexibility index (Phi) is 3.29. The van der Waals surface area contributed by atoms with Gasteiger partial charge in [0.15, 0.2) is 0 Å². The number of amides is 1.